The first-order valence-corrected chi connectivity index (χ1v) is 11.1. The van der Waals surface area contributed by atoms with Crippen molar-refractivity contribution in [1.29, 1.82) is 0 Å². The molecular weight excluding hydrogens is 459 g/mol. The number of anilines is 1. The minimum atomic E-state index is -4.65. The summed E-state index contributed by atoms with van der Waals surface area (Å²) in [4.78, 5) is 24.0. The Morgan fingerprint density at radius 1 is 1.00 bits per heavy atom. The van der Waals surface area contributed by atoms with Crippen molar-refractivity contribution >= 4 is 21.6 Å². The molecule has 0 spiro atoms. The third kappa shape index (κ3) is 6.08. The van der Waals surface area contributed by atoms with E-state index in [0.29, 0.717) is 16.8 Å². The molecule has 1 aromatic heterocycles. The van der Waals surface area contributed by atoms with Gasteiger partial charge in [0.2, 0.25) is 15.9 Å². The van der Waals surface area contributed by atoms with Crippen LogP contribution in [0.1, 0.15) is 11.1 Å². The fourth-order valence-corrected chi connectivity index (χ4v) is 4.15. The van der Waals surface area contributed by atoms with Crippen LogP contribution in [-0.2, 0) is 34.1 Å². The van der Waals surface area contributed by atoms with Crippen molar-refractivity contribution in [3.05, 3.63) is 94.4 Å². The molecule has 0 aliphatic rings. The fourth-order valence-electron chi connectivity index (χ4n) is 2.99. The maximum absolute atomic E-state index is 12.8. The number of carbonyl (C=O) groups is 1. The van der Waals surface area contributed by atoms with Crippen LogP contribution in [0.3, 0.4) is 0 Å². The van der Waals surface area contributed by atoms with E-state index in [9.17, 15) is 31.2 Å². The highest BCUT2D eigenvalue weighted by Crippen LogP contribution is 2.28. The van der Waals surface area contributed by atoms with Crippen LogP contribution in [-0.4, -0.2) is 30.2 Å². The summed E-state index contributed by atoms with van der Waals surface area (Å²) in [5, 5.41) is 2.44. The molecule has 0 unspecified atom stereocenters. The Bertz CT molecular complexity index is 1290. The molecule has 0 aliphatic heterocycles. The third-order valence-corrected chi connectivity index (χ3v) is 6.54. The lowest BCUT2D eigenvalue weighted by Crippen LogP contribution is -2.28. The van der Waals surface area contributed by atoms with E-state index in [-0.39, 0.29) is 17.1 Å². The lowest BCUT2D eigenvalue weighted by Gasteiger charge is -2.17. The molecular formula is C22H20F3N3O4S. The van der Waals surface area contributed by atoms with E-state index < -0.39 is 39.8 Å². The number of pyridine rings is 1. The van der Waals surface area contributed by atoms with Crippen LogP contribution in [0.15, 0.2) is 82.6 Å². The second kappa shape index (κ2) is 9.59. The summed E-state index contributed by atoms with van der Waals surface area (Å²) >= 11 is 0. The molecule has 174 valence electrons. The molecule has 0 aliphatic carbocycles. The molecule has 0 saturated heterocycles. The molecule has 7 nitrogen and oxygen atoms in total. The maximum atomic E-state index is 12.8. The van der Waals surface area contributed by atoms with Gasteiger partial charge in [-0.1, -0.05) is 30.3 Å². The van der Waals surface area contributed by atoms with Gasteiger partial charge in [0.1, 0.15) is 6.54 Å². The minimum Gasteiger partial charge on any atom is -0.325 e. The number of nitrogens with one attached hydrogen (secondary N) is 1. The van der Waals surface area contributed by atoms with Crippen LogP contribution < -0.4 is 10.9 Å². The third-order valence-electron chi connectivity index (χ3n) is 4.72. The van der Waals surface area contributed by atoms with Gasteiger partial charge in [-0.15, -0.1) is 0 Å². The molecule has 0 fully saturated rings. The molecule has 0 atom stereocenters. The average molecular weight is 479 g/mol. The molecule has 3 aromatic rings. The van der Waals surface area contributed by atoms with Gasteiger partial charge in [-0.2, -0.15) is 17.5 Å². The first kappa shape index (κ1) is 24.2. The van der Waals surface area contributed by atoms with Crippen molar-refractivity contribution in [2.45, 2.75) is 24.2 Å². The zero-order valence-corrected chi connectivity index (χ0v) is 18.2. The highest BCUT2D eigenvalue weighted by molar-refractivity contribution is 7.89. The van der Waals surface area contributed by atoms with Gasteiger partial charge in [0.05, 0.1) is 10.5 Å². The van der Waals surface area contributed by atoms with Gasteiger partial charge < -0.3 is 9.88 Å². The van der Waals surface area contributed by atoms with Gasteiger partial charge in [-0.3, -0.25) is 9.59 Å². The Kier molecular flexibility index (Phi) is 7.04. The summed E-state index contributed by atoms with van der Waals surface area (Å²) in [6.45, 7) is -0.462. The monoisotopic (exact) mass is 479 g/mol. The molecule has 1 N–H and O–H groups in total. The van der Waals surface area contributed by atoms with Crippen LogP contribution in [0, 0.1) is 0 Å². The Labute approximate surface area is 188 Å². The topological polar surface area (TPSA) is 88.5 Å². The number of hydrogen-bond donors (Lipinski definition) is 1. The van der Waals surface area contributed by atoms with E-state index >= 15 is 0 Å². The van der Waals surface area contributed by atoms with Crippen LogP contribution in [0.5, 0.6) is 0 Å². The maximum Gasteiger partial charge on any atom is 0.417 e. The summed E-state index contributed by atoms with van der Waals surface area (Å²) in [5.74, 6) is -0.742. The van der Waals surface area contributed by atoms with E-state index in [1.807, 2.05) is 6.07 Å². The zero-order chi connectivity index (χ0) is 24.2. The van der Waals surface area contributed by atoms with Gasteiger partial charge in [-0.25, -0.2) is 8.42 Å². The van der Waals surface area contributed by atoms with Gasteiger partial charge in [0.25, 0.3) is 5.56 Å². The largest absolute Gasteiger partial charge is 0.417 e. The second-order valence-electron chi connectivity index (χ2n) is 7.20. The van der Waals surface area contributed by atoms with E-state index in [1.165, 1.54) is 35.6 Å². The Morgan fingerprint density at radius 3 is 2.24 bits per heavy atom. The molecule has 1 heterocycles. The Hall–Kier alpha value is -3.44. The number of sulfonamides is 1. The van der Waals surface area contributed by atoms with Crippen molar-refractivity contribution in [3.63, 3.8) is 0 Å². The molecule has 0 radical (unpaired) electrons. The van der Waals surface area contributed by atoms with Crippen molar-refractivity contribution in [2.75, 3.05) is 12.4 Å². The van der Waals surface area contributed by atoms with Crippen molar-refractivity contribution in [1.82, 2.24) is 8.87 Å². The van der Waals surface area contributed by atoms with Crippen LogP contribution in [0.4, 0.5) is 18.9 Å². The molecule has 11 heteroatoms. The lowest BCUT2D eigenvalue weighted by atomic mass is 10.2. The van der Waals surface area contributed by atoms with E-state index in [1.54, 1.807) is 24.3 Å². The Morgan fingerprint density at radius 2 is 1.64 bits per heavy atom. The number of amides is 1. The van der Waals surface area contributed by atoms with Crippen molar-refractivity contribution in [3.8, 4) is 0 Å². The number of alkyl halides is 3. The van der Waals surface area contributed by atoms with Crippen molar-refractivity contribution in [2.24, 2.45) is 0 Å². The zero-order valence-electron chi connectivity index (χ0n) is 17.4. The lowest BCUT2D eigenvalue weighted by molar-refractivity contribution is -0.138. The number of benzene rings is 2. The van der Waals surface area contributed by atoms with Gasteiger partial charge >= 0.3 is 6.18 Å². The highest BCUT2D eigenvalue weighted by atomic mass is 32.2. The van der Waals surface area contributed by atoms with E-state index in [0.717, 1.165) is 11.6 Å². The van der Waals surface area contributed by atoms with Crippen LogP contribution in [0.25, 0.3) is 0 Å². The summed E-state index contributed by atoms with van der Waals surface area (Å²) in [7, 11) is -2.34. The summed E-state index contributed by atoms with van der Waals surface area (Å²) in [6.07, 6.45) is -4.08. The van der Waals surface area contributed by atoms with Crippen LogP contribution in [0.2, 0.25) is 0 Å². The predicted octanol–water partition coefficient (Wildman–Crippen LogP) is 3.33. The first-order valence-electron chi connectivity index (χ1n) is 9.65. The van der Waals surface area contributed by atoms with Crippen LogP contribution >= 0.6 is 0 Å². The number of carbonyl (C=O) groups excluding carboxylic acids is 1. The standard InChI is InChI=1S/C22H20F3N3O4S/c1-27(13-16-5-3-2-4-6-16)33(31,32)19-10-8-18(9-11-19)26-20(29)15-28-14-17(22(23,24)25)7-12-21(28)30/h2-12,14H,13,15H2,1H3,(H,26,29). The number of nitrogens with zero attached hydrogens (tertiary/aromatic N) is 2. The number of rotatable bonds is 7. The minimum absolute atomic E-state index is 0.00743. The number of halogens is 3. The highest BCUT2D eigenvalue weighted by Gasteiger charge is 2.31. The van der Waals surface area contributed by atoms with Gasteiger partial charge in [-0.05, 0) is 35.9 Å². The molecule has 3 rings (SSSR count). The molecule has 0 saturated carbocycles. The number of aromatic nitrogens is 1. The normalized spacial score (nSPS) is 12.0. The smallest absolute Gasteiger partial charge is 0.325 e. The second-order valence-corrected chi connectivity index (χ2v) is 9.25. The quantitative estimate of drug-likeness (QED) is 0.563. The Balaban J connectivity index is 1.68. The summed E-state index contributed by atoms with van der Waals surface area (Å²) < 4.78 is 65.9. The number of hydrogen-bond acceptors (Lipinski definition) is 4. The first-order chi connectivity index (χ1) is 15.5. The van der Waals surface area contributed by atoms with Gasteiger partial charge in [0, 0.05) is 31.5 Å². The SMILES string of the molecule is CN(Cc1ccccc1)S(=O)(=O)c1ccc(NC(=O)Cn2cc(C(F)(F)F)ccc2=O)cc1. The summed E-state index contributed by atoms with van der Waals surface area (Å²) in [5.41, 5.74) is -0.771. The van der Waals surface area contributed by atoms with E-state index in [4.69, 9.17) is 0 Å². The fraction of sp³-hybridized carbons (Fsp3) is 0.182. The van der Waals surface area contributed by atoms with E-state index in [2.05, 4.69) is 5.32 Å². The van der Waals surface area contributed by atoms with Gasteiger partial charge in [0.15, 0.2) is 0 Å². The summed E-state index contributed by atoms with van der Waals surface area (Å²) in [6, 6.07) is 15.8. The molecule has 2 aromatic carbocycles. The molecule has 1 amide bonds. The molecule has 33 heavy (non-hydrogen) atoms. The predicted molar refractivity (Wildman–Crippen MR) is 116 cm³/mol. The molecule has 0 bridgehead atoms. The van der Waals surface area contributed by atoms with Crippen molar-refractivity contribution < 1.29 is 26.4 Å². The average Bonchev–Trinajstić information content (AvgIpc) is 2.75.